The molecule has 0 aliphatic carbocycles. The SMILES string of the molecule is CC(CC(=N)N)N(C)c1ccc(C(F)(F)F)nn1. The third-order valence-corrected chi connectivity index (χ3v) is 2.48. The largest absolute Gasteiger partial charge is 0.435 e. The molecule has 100 valence electrons. The minimum absolute atomic E-state index is 0.00854. The molecule has 1 aromatic heterocycles. The molecule has 1 aromatic rings. The molecular formula is C10H14F3N5. The summed E-state index contributed by atoms with van der Waals surface area (Å²) in [7, 11) is 1.66. The van der Waals surface area contributed by atoms with Gasteiger partial charge in [0.25, 0.3) is 0 Å². The minimum atomic E-state index is -4.49. The zero-order valence-electron chi connectivity index (χ0n) is 9.99. The van der Waals surface area contributed by atoms with E-state index in [0.29, 0.717) is 12.2 Å². The number of halogens is 3. The lowest BCUT2D eigenvalue weighted by Gasteiger charge is -2.25. The number of aromatic nitrogens is 2. The maximum Gasteiger partial charge on any atom is 0.435 e. The molecule has 0 aliphatic heterocycles. The fraction of sp³-hybridized carbons (Fsp3) is 0.500. The van der Waals surface area contributed by atoms with Gasteiger partial charge in [-0.15, -0.1) is 10.2 Å². The molecule has 0 bridgehead atoms. The summed E-state index contributed by atoms with van der Waals surface area (Å²) in [5.74, 6) is 0.311. The van der Waals surface area contributed by atoms with Crippen molar-refractivity contribution in [3.63, 3.8) is 0 Å². The van der Waals surface area contributed by atoms with E-state index in [9.17, 15) is 13.2 Å². The molecule has 0 amide bonds. The molecule has 0 radical (unpaired) electrons. The van der Waals surface area contributed by atoms with Gasteiger partial charge in [0, 0.05) is 19.5 Å². The van der Waals surface area contributed by atoms with E-state index in [1.54, 1.807) is 18.9 Å². The highest BCUT2D eigenvalue weighted by Crippen LogP contribution is 2.27. The average molecular weight is 261 g/mol. The number of anilines is 1. The number of nitrogens with zero attached hydrogens (tertiary/aromatic N) is 3. The van der Waals surface area contributed by atoms with Gasteiger partial charge in [0.15, 0.2) is 11.5 Å². The lowest BCUT2D eigenvalue weighted by Crippen LogP contribution is -2.33. The Kier molecular flexibility index (Phi) is 4.10. The van der Waals surface area contributed by atoms with E-state index >= 15 is 0 Å². The molecule has 1 rings (SSSR count). The molecule has 0 fully saturated rings. The lowest BCUT2D eigenvalue weighted by molar-refractivity contribution is -0.141. The van der Waals surface area contributed by atoms with E-state index in [1.165, 1.54) is 6.07 Å². The minimum Gasteiger partial charge on any atom is -0.388 e. The van der Waals surface area contributed by atoms with Crippen LogP contribution < -0.4 is 10.6 Å². The molecule has 3 N–H and O–H groups in total. The smallest absolute Gasteiger partial charge is 0.388 e. The molecule has 5 nitrogen and oxygen atoms in total. The van der Waals surface area contributed by atoms with Crippen molar-refractivity contribution in [2.75, 3.05) is 11.9 Å². The summed E-state index contributed by atoms with van der Waals surface area (Å²) in [6.07, 6.45) is -4.19. The Morgan fingerprint density at radius 1 is 1.44 bits per heavy atom. The molecule has 0 spiro atoms. The normalized spacial score (nSPS) is 13.2. The summed E-state index contributed by atoms with van der Waals surface area (Å²) in [4.78, 5) is 1.62. The van der Waals surface area contributed by atoms with Gasteiger partial charge in [-0.1, -0.05) is 0 Å². The molecule has 0 aromatic carbocycles. The quantitative estimate of drug-likeness (QED) is 0.638. The molecule has 8 heteroatoms. The number of nitrogens with two attached hydrogens (primary N) is 1. The molecule has 0 aliphatic rings. The highest BCUT2D eigenvalue weighted by atomic mass is 19.4. The summed E-state index contributed by atoms with van der Waals surface area (Å²) in [6, 6.07) is 1.97. The van der Waals surface area contributed by atoms with Crippen LogP contribution >= 0.6 is 0 Å². The van der Waals surface area contributed by atoms with Gasteiger partial charge in [0.2, 0.25) is 0 Å². The van der Waals surface area contributed by atoms with Gasteiger partial charge in [-0.3, -0.25) is 5.41 Å². The van der Waals surface area contributed by atoms with Crippen LogP contribution in [0.3, 0.4) is 0 Å². The van der Waals surface area contributed by atoms with Gasteiger partial charge in [0.05, 0.1) is 5.84 Å². The predicted octanol–water partition coefficient (Wildman–Crippen LogP) is 1.65. The van der Waals surface area contributed by atoms with Crippen molar-refractivity contribution in [2.45, 2.75) is 25.6 Å². The van der Waals surface area contributed by atoms with Crippen molar-refractivity contribution in [1.82, 2.24) is 10.2 Å². The molecule has 0 saturated carbocycles. The van der Waals surface area contributed by atoms with Crippen LogP contribution in [0, 0.1) is 5.41 Å². The molecule has 1 heterocycles. The highest BCUT2D eigenvalue weighted by molar-refractivity contribution is 5.77. The van der Waals surface area contributed by atoms with Gasteiger partial charge < -0.3 is 10.6 Å². The second-order valence-corrected chi connectivity index (χ2v) is 3.96. The van der Waals surface area contributed by atoms with Gasteiger partial charge in [-0.25, -0.2) is 0 Å². The van der Waals surface area contributed by atoms with Crippen LogP contribution in [0.15, 0.2) is 12.1 Å². The Morgan fingerprint density at radius 2 is 2.06 bits per heavy atom. The number of alkyl halides is 3. The standard InChI is InChI=1S/C10H14F3N5/c1-6(5-8(14)15)18(2)9-4-3-7(16-17-9)10(11,12)13/h3-4,6H,5H2,1-2H3,(H3,14,15). The summed E-state index contributed by atoms with van der Waals surface area (Å²) < 4.78 is 36.9. The van der Waals surface area contributed by atoms with Gasteiger partial charge in [-0.05, 0) is 19.1 Å². The van der Waals surface area contributed by atoms with Crippen LogP contribution in [-0.4, -0.2) is 29.1 Å². The summed E-state index contributed by atoms with van der Waals surface area (Å²) >= 11 is 0. The Hall–Kier alpha value is -1.86. The summed E-state index contributed by atoms with van der Waals surface area (Å²) in [5.41, 5.74) is 4.23. The molecule has 18 heavy (non-hydrogen) atoms. The van der Waals surface area contributed by atoms with Crippen molar-refractivity contribution in [1.29, 1.82) is 5.41 Å². The van der Waals surface area contributed by atoms with Crippen LogP contribution in [-0.2, 0) is 6.18 Å². The van der Waals surface area contributed by atoms with Crippen molar-refractivity contribution >= 4 is 11.7 Å². The lowest BCUT2D eigenvalue weighted by atomic mass is 10.2. The van der Waals surface area contributed by atoms with Crippen LogP contribution in [0.2, 0.25) is 0 Å². The van der Waals surface area contributed by atoms with Crippen LogP contribution in [0.1, 0.15) is 19.0 Å². The zero-order valence-corrected chi connectivity index (χ0v) is 9.99. The first-order valence-electron chi connectivity index (χ1n) is 5.18. The molecule has 1 atom stereocenters. The van der Waals surface area contributed by atoms with Gasteiger partial charge in [-0.2, -0.15) is 13.2 Å². The topological polar surface area (TPSA) is 78.9 Å². The number of hydrogen-bond donors (Lipinski definition) is 2. The van der Waals surface area contributed by atoms with Crippen molar-refractivity contribution in [3.05, 3.63) is 17.8 Å². The maximum atomic E-state index is 12.3. The first kappa shape index (κ1) is 14.2. The number of rotatable bonds is 4. The van der Waals surface area contributed by atoms with Crippen molar-refractivity contribution < 1.29 is 13.2 Å². The van der Waals surface area contributed by atoms with Crippen LogP contribution in [0.4, 0.5) is 19.0 Å². The summed E-state index contributed by atoms with van der Waals surface area (Å²) in [6.45, 7) is 1.79. The second-order valence-electron chi connectivity index (χ2n) is 3.96. The Balaban J connectivity index is 2.82. The van der Waals surface area contributed by atoms with Crippen molar-refractivity contribution in [2.24, 2.45) is 5.73 Å². The predicted molar refractivity (Wildman–Crippen MR) is 61.4 cm³/mol. The summed E-state index contributed by atoms with van der Waals surface area (Å²) in [5, 5.41) is 13.8. The second kappa shape index (κ2) is 5.19. The van der Waals surface area contributed by atoms with E-state index in [2.05, 4.69) is 10.2 Å². The Morgan fingerprint density at radius 3 is 2.44 bits per heavy atom. The van der Waals surface area contributed by atoms with Crippen LogP contribution in [0.5, 0.6) is 0 Å². The number of hydrogen-bond acceptors (Lipinski definition) is 4. The van der Waals surface area contributed by atoms with E-state index in [4.69, 9.17) is 11.1 Å². The maximum absolute atomic E-state index is 12.3. The molecule has 0 saturated heterocycles. The highest BCUT2D eigenvalue weighted by Gasteiger charge is 2.33. The van der Waals surface area contributed by atoms with Gasteiger partial charge in [0.1, 0.15) is 0 Å². The van der Waals surface area contributed by atoms with E-state index in [0.717, 1.165) is 6.07 Å². The van der Waals surface area contributed by atoms with E-state index < -0.39 is 11.9 Å². The van der Waals surface area contributed by atoms with Crippen LogP contribution in [0.25, 0.3) is 0 Å². The zero-order chi connectivity index (χ0) is 13.9. The third kappa shape index (κ3) is 3.57. The van der Waals surface area contributed by atoms with Gasteiger partial charge >= 0.3 is 6.18 Å². The van der Waals surface area contributed by atoms with Crippen molar-refractivity contribution in [3.8, 4) is 0 Å². The number of amidine groups is 1. The third-order valence-electron chi connectivity index (χ3n) is 2.48. The fourth-order valence-corrected chi connectivity index (χ4v) is 1.35. The fourth-order valence-electron chi connectivity index (χ4n) is 1.35. The van der Waals surface area contributed by atoms with E-state index in [-0.39, 0.29) is 11.9 Å². The Bertz CT molecular complexity index is 415. The first-order valence-corrected chi connectivity index (χ1v) is 5.18. The first-order chi connectivity index (χ1) is 8.21. The monoisotopic (exact) mass is 261 g/mol. The molecular weight excluding hydrogens is 247 g/mol. The Labute approximate surface area is 102 Å². The average Bonchev–Trinajstić information content (AvgIpc) is 2.26. The number of nitrogens with one attached hydrogen (secondary N) is 1. The molecule has 1 unspecified atom stereocenters. The van der Waals surface area contributed by atoms with E-state index in [1.807, 2.05) is 0 Å².